The molecule has 3 heterocycles. The maximum atomic E-state index is 11.7. The summed E-state index contributed by atoms with van der Waals surface area (Å²) in [4.78, 5) is 13.4. The van der Waals surface area contributed by atoms with E-state index in [0.717, 1.165) is 25.3 Å². The summed E-state index contributed by atoms with van der Waals surface area (Å²) in [6.45, 7) is 2.22. The van der Waals surface area contributed by atoms with Gasteiger partial charge in [-0.25, -0.2) is 4.79 Å². The number of furan rings is 1. The fourth-order valence-corrected chi connectivity index (χ4v) is 2.35. The minimum absolute atomic E-state index is 0.0451. The quantitative estimate of drug-likeness (QED) is 0.809. The van der Waals surface area contributed by atoms with Gasteiger partial charge in [-0.3, -0.25) is 4.90 Å². The lowest BCUT2D eigenvalue weighted by Crippen LogP contribution is -2.48. The molecule has 0 bridgehead atoms. The summed E-state index contributed by atoms with van der Waals surface area (Å²) in [5.41, 5.74) is 0. The molecule has 2 aliphatic heterocycles. The lowest BCUT2D eigenvalue weighted by atomic mass is 10.0. The monoisotopic (exact) mass is 222 g/mol. The van der Waals surface area contributed by atoms with E-state index < -0.39 is 0 Å². The third-order valence-electron chi connectivity index (χ3n) is 3.18. The van der Waals surface area contributed by atoms with Crippen LogP contribution in [0.1, 0.15) is 12.2 Å². The van der Waals surface area contributed by atoms with Crippen LogP contribution in [0.15, 0.2) is 22.8 Å². The Morgan fingerprint density at radius 2 is 2.50 bits per heavy atom. The van der Waals surface area contributed by atoms with Crippen LogP contribution < -0.4 is 5.32 Å². The molecular formula is C11H14N2O3. The summed E-state index contributed by atoms with van der Waals surface area (Å²) < 4.78 is 10.6. The van der Waals surface area contributed by atoms with Crippen molar-refractivity contribution >= 4 is 6.09 Å². The van der Waals surface area contributed by atoms with Crippen LogP contribution in [0.4, 0.5) is 4.79 Å². The summed E-state index contributed by atoms with van der Waals surface area (Å²) in [6, 6.07) is 3.84. The maximum absolute atomic E-state index is 11.7. The highest BCUT2D eigenvalue weighted by Crippen LogP contribution is 2.25. The molecule has 1 aromatic rings. The largest absolute Gasteiger partial charge is 0.467 e. The van der Waals surface area contributed by atoms with Gasteiger partial charge in [0.15, 0.2) is 0 Å². The average Bonchev–Trinajstić information content (AvgIpc) is 2.89. The molecule has 2 unspecified atom stereocenters. The fraction of sp³-hybridized carbons (Fsp3) is 0.545. The molecule has 2 saturated heterocycles. The van der Waals surface area contributed by atoms with E-state index in [2.05, 4.69) is 5.32 Å². The highest BCUT2D eigenvalue weighted by Gasteiger charge is 2.42. The van der Waals surface area contributed by atoms with Gasteiger partial charge in [-0.05, 0) is 25.1 Å². The number of ether oxygens (including phenoxy) is 1. The first-order valence-electron chi connectivity index (χ1n) is 5.55. The van der Waals surface area contributed by atoms with E-state index in [1.54, 1.807) is 11.2 Å². The third kappa shape index (κ3) is 1.57. The molecule has 0 aromatic carbocycles. The molecule has 1 amide bonds. The maximum Gasteiger partial charge on any atom is 0.410 e. The molecule has 1 aromatic heterocycles. The molecule has 3 rings (SSSR count). The molecule has 2 fully saturated rings. The predicted molar refractivity (Wildman–Crippen MR) is 55.8 cm³/mol. The van der Waals surface area contributed by atoms with Gasteiger partial charge in [0.25, 0.3) is 0 Å². The Labute approximate surface area is 93.4 Å². The van der Waals surface area contributed by atoms with E-state index >= 15 is 0 Å². The third-order valence-corrected chi connectivity index (χ3v) is 3.18. The van der Waals surface area contributed by atoms with E-state index in [4.69, 9.17) is 9.15 Å². The first kappa shape index (κ1) is 9.72. The number of piperidine rings is 1. The molecular weight excluding hydrogens is 208 g/mol. The first-order chi connectivity index (χ1) is 7.84. The zero-order valence-electron chi connectivity index (χ0n) is 8.89. The Hall–Kier alpha value is -1.49. The van der Waals surface area contributed by atoms with Gasteiger partial charge in [0.1, 0.15) is 11.9 Å². The van der Waals surface area contributed by atoms with Crippen molar-refractivity contribution in [2.75, 3.05) is 13.1 Å². The number of rotatable bonds is 2. The zero-order chi connectivity index (χ0) is 11.0. The van der Waals surface area contributed by atoms with Crippen molar-refractivity contribution in [3.63, 3.8) is 0 Å². The van der Waals surface area contributed by atoms with Crippen LogP contribution in [-0.4, -0.2) is 36.2 Å². The highest BCUT2D eigenvalue weighted by atomic mass is 16.6. The molecule has 0 saturated carbocycles. The Balaban J connectivity index is 1.75. The van der Waals surface area contributed by atoms with E-state index in [0.29, 0.717) is 6.54 Å². The minimum atomic E-state index is -0.227. The number of carbonyl (C=O) groups excluding carboxylic acids is 1. The number of carbonyl (C=O) groups is 1. The molecule has 5 nitrogen and oxygen atoms in total. The van der Waals surface area contributed by atoms with Crippen molar-refractivity contribution in [2.45, 2.75) is 25.1 Å². The molecule has 1 N–H and O–H groups in total. The van der Waals surface area contributed by atoms with Gasteiger partial charge in [-0.15, -0.1) is 0 Å². The summed E-state index contributed by atoms with van der Waals surface area (Å²) in [5.74, 6) is 0.795. The highest BCUT2D eigenvalue weighted by molar-refractivity contribution is 5.70. The number of hydrogen-bond acceptors (Lipinski definition) is 4. The first-order valence-corrected chi connectivity index (χ1v) is 5.55. The molecule has 0 radical (unpaired) electrons. The lowest BCUT2D eigenvalue weighted by Gasteiger charge is -2.28. The molecule has 5 heteroatoms. The zero-order valence-corrected chi connectivity index (χ0v) is 8.89. The van der Waals surface area contributed by atoms with Gasteiger partial charge in [0.05, 0.1) is 18.8 Å². The molecule has 86 valence electrons. The van der Waals surface area contributed by atoms with Crippen LogP contribution >= 0.6 is 0 Å². The van der Waals surface area contributed by atoms with Crippen LogP contribution in [0.2, 0.25) is 0 Å². The smallest absolute Gasteiger partial charge is 0.410 e. The summed E-state index contributed by atoms with van der Waals surface area (Å²) in [7, 11) is 0. The fourth-order valence-electron chi connectivity index (χ4n) is 2.35. The van der Waals surface area contributed by atoms with Crippen molar-refractivity contribution in [2.24, 2.45) is 0 Å². The molecule has 16 heavy (non-hydrogen) atoms. The number of nitrogens with one attached hydrogen (secondary N) is 1. The molecule has 2 atom stereocenters. The number of amides is 1. The normalized spacial score (nSPS) is 29.0. The van der Waals surface area contributed by atoms with Gasteiger partial charge in [-0.2, -0.15) is 0 Å². The predicted octanol–water partition coefficient (Wildman–Crippen LogP) is 0.962. The van der Waals surface area contributed by atoms with Crippen molar-refractivity contribution in [1.29, 1.82) is 0 Å². The second-order valence-corrected chi connectivity index (χ2v) is 4.19. The summed E-state index contributed by atoms with van der Waals surface area (Å²) in [6.07, 6.45) is 2.33. The average molecular weight is 222 g/mol. The van der Waals surface area contributed by atoms with Crippen LogP contribution in [0.3, 0.4) is 0 Å². The van der Waals surface area contributed by atoms with Crippen molar-refractivity contribution < 1.29 is 13.9 Å². The van der Waals surface area contributed by atoms with E-state index in [1.807, 2.05) is 12.1 Å². The Morgan fingerprint density at radius 3 is 3.31 bits per heavy atom. The van der Waals surface area contributed by atoms with Gasteiger partial charge in [-0.1, -0.05) is 0 Å². The molecule has 0 aliphatic carbocycles. The van der Waals surface area contributed by atoms with Crippen molar-refractivity contribution in [3.05, 3.63) is 24.2 Å². The summed E-state index contributed by atoms with van der Waals surface area (Å²) in [5, 5.41) is 3.28. The van der Waals surface area contributed by atoms with Crippen LogP contribution in [-0.2, 0) is 11.3 Å². The second-order valence-electron chi connectivity index (χ2n) is 4.19. The van der Waals surface area contributed by atoms with Gasteiger partial charge in [0.2, 0.25) is 0 Å². The molecule has 2 aliphatic rings. The Kier molecular flexibility index (Phi) is 2.32. The van der Waals surface area contributed by atoms with E-state index in [9.17, 15) is 4.79 Å². The topological polar surface area (TPSA) is 54.7 Å². The van der Waals surface area contributed by atoms with Crippen molar-refractivity contribution in [3.8, 4) is 0 Å². The van der Waals surface area contributed by atoms with E-state index in [1.165, 1.54) is 0 Å². The minimum Gasteiger partial charge on any atom is -0.467 e. The Bertz CT molecular complexity index is 377. The van der Waals surface area contributed by atoms with Crippen LogP contribution in [0.25, 0.3) is 0 Å². The molecule has 0 spiro atoms. The van der Waals surface area contributed by atoms with Gasteiger partial charge >= 0.3 is 6.09 Å². The van der Waals surface area contributed by atoms with E-state index in [-0.39, 0.29) is 18.2 Å². The standard InChI is InChI=1S/C11H14N2O3/c14-11-13(7-8-2-1-5-15-8)9-6-12-4-3-10(9)16-11/h1-2,5,9-10,12H,3-4,6-7H2. The number of hydrogen-bond donors (Lipinski definition) is 1. The van der Waals surface area contributed by atoms with Gasteiger partial charge < -0.3 is 14.5 Å². The number of fused-ring (bicyclic) bond motifs is 1. The summed E-state index contributed by atoms with van der Waals surface area (Å²) >= 11 is 0. The van der Waals surface area contributed by atoms with Crippen LogP contribution in [0.5, 0.6) is 0 Å². The van der Waals surface area contributed by atoms with Gasteiger partial charge in [0, 0.05) is 6.54 Å². The Morgan fingerprint density at radius 1 is 1.56 bits per heavy atom. The SMILES string of the molecule is O=C1OC2CCNCC2N1Cc1ccco1. The van der Waals surface area contributed by atoms with Crippen molar-refractivity contribution in [1.82, 2.24) is 10.2 Å². The van der Waals surface area contributed by atoms with Crippen LogP contribution in [0, 0.1) is 0 Å². The second kappa shape index (κ2) is 3.83. The number of nitrogens with zero attached hydrogens (tertiary/aromatic N) is 1. The lowest BCUT2D eigenvalue weighted by molar-refractivity contribution is 0.117.